The molecule has 4 heteroatoms. The van der Waals surface area contributed by atoms with Gasteiger partial charge >= 0.3 is 0 Å². The highest BCUT2D eigenvalue weighted by molar-refractivity contribution is 5.95. The van der Waals surface area contributed by atoms with Gasteiger partial charge in [0.15, 0.2) is 0 Å². The second-order valence-corrected chi connectivity index (χ2v) is 4.62. The van der Waals surface area contributed by atoms with E-state index in [0.29, 0.717) is 5.56 Å². The fourth-order valence-corrected chi connectivity index (χ4v) is 1.90. The molecule has 2 aromatic rings. The first-order valence-corrected chi connectivity index (χ1v) is 6.08. The minimum atomic E-state index is -0.0790. The lowest BCUT2D eigenvalue weighted by molar-refractivity contribution is 0.0827. The maximum Gasteiger partial charge on any atom is 0.253 e. The Balaban J connectivity index is 2.44. The highest BCUT2D eigenvalue weighted by atomic mass is 16.3. The molecule has 0 bridgehead atoms. The van der Waals surface area contributed by atoms with Crippen LogP contribution in [-0.4, -0.2) is 30.0 Å². The maximum absolute atomic E-state index is 11.9. The van der Waals surface area contributed by atoms with Gasteiger partial charge in [0, 0.05) is 19.7 Å². The second kappa shape index (κ2) is 5.45. The molecule has 2 rings (SSSR count). The van der Waals surface area contributed by atoms with Gasteiger partial charge in [0.1, 0.15) is 11.8 Å². The zero-order valence-electron chi connectivity index (χ0n) is 11.3. The number of rotatable bonds is 2. The molecule has 0 saturated heterocycles. The van der Waals surface area contributed by atoms with E-state index >= 15 is 0 Å². The third-order valence-corrected chi connectivity index (χ3v) is 2.97. The third kappa shape index (κ3) is 2.62. The Labute approximate surface area is 117 Å². The molecule has 0 radical (unpaired) electrons. The molecule has 2 aromatic carbocycles. The summed E-state index contributed by atoms with van der Waals surface area (Å²) in [5.74, 6) is -0.140. The molecule has 0 fully saturated rings. The van der Waals surface area contributed by atoms with E-state index in [-0.39, 0.29) is 17.2 Å². The Morgan fingerprint density at radius 1 is 1.15 bits per heavy atom. The zero-order chi connectivity index (χ0) is 14.7. The number of aromatic hydroxyl groups is 1. The average Bonchev–Trinajstić information content (AvgIpc) is 2.46. The molecule has 0 aromatic heterocycles. The largest absolute Gasteiger partial charge is 0.507 e. The van der Waals surface area contributed by atoms with Gasteiger partial charge < -0.3 is 10.0 Å². The quantitative estimate of drug-likeness (QED) is 0.908. The molecule has 1 amide bonds. The number of phenolic OH excluding ortho intramolecular Hbond substituents is 1. The van der Waals surface area contributed by atoms with Gasteiger partial charge in [-0.2, -0.15) is 5.26 Å². The van der Waals surface area contributed by atoms with Crippen molar-refractivity contribution in [3.05, 3.63) is 53.6 Å². The molecule has 0 spiro atoms. The number of carbonyl (C=O) groups is 1. The summed E-state index contributed by atoms with van der Waals surface area (Å²) in [5.41, 5.74) is 2.39. The van der Waals surface area contributed by atoms with Gasteiger partial charge in [0.05, 0.1) is 5.56 Å². The Kier molecular flexibility index (Phi) is 3.72. The lowest BCUT2D eigenvalue weighted by atomic mass is 10.0. The standard InChI is InChI=1S/C16H14N2O2/c1-18(2)16(20)13-5-3-4-11(8-13)12-6-7-14(10-17)15(19)9-12/h3-9,19H,1-2H3. The fraction of sp³-hybridized carbons (Fsp3) is 0.125. The van der Waals surface area contributed by atoms with Crippen molar-refractivity contribution >= 4 is 5.91 Å². The number of nitrogens with zero attached hydrogens (tertiary/aromatic N) is 2. The van der Waals surface area contributed by atoms with Crippen LogP contribution in [0.1, 0.15) is 15.9 Å². The van der Waals surface area contributed by atoms with E-state index in [1.165, 1.54) is 11.0 Å². The normalized spacial score (nSPS) is 9.85. The van der Waals surface area contributed by atoms with Crippen LogP contribution in [0, 0.1) is 11.3 Å². The number of carbonyl (C=O) groups excluding carboxylic acids is 1. The van der Waals surface area contributed by atoms with Gasteiger partial charge in [0.2, 0.25) is 0 Å². The van der Waals surface area contributed by atoms with E-state index in [2.05, 4.69) is 0 Å². The van der Waals surface area contributed by atoms with Crippen LogP contribution in [0.3, 0.4) is 0 Å². The summed E-state index contributed by atoms with van der Waals surface area (Å²) in [4.78, 5) is 13.4. The smallest absolute Gasteiger partial charge is 0.253 e. The number of hydrogen-bond donors (Lipinski definition) is 1. The van der Waals surface area contributed by atoms with Crippen LogP contribution >= 0.6 is 0 Å². The molecule has 1 N–H and O–H groups in total. The molecule has 0 aliphatic heterocycles. The Hall–Kier alpha value is -2.80. The van der Waals surface area contributed by atoms with Crippen LogP contribution in [0.4, 0.5) is 0 Å². The van der Waals surface area contributed by atoms with Crippen molar-refractivity contribution in [1.82, 2.24) is 4.90 Å². The van der Waals surface area contributed by atoms with Crippen molar-refractivity contribution in [2.75, 3.05) is 14.1 Å². The van der Waals surface area contributed by atoms with E-state index < -0.39 is 0 Å². The first-order chi connectivity index (χ1) is 9.52. The number of nitriles is 1. The van der Waals surface area contributed by atoms with Crippen LogP contribution in [0.25, 0.3) is 11.1 Å². The van der Waals surface area contributed by atoms with E-state index in [4.69, 9.17) is 5.26 Å². The van der Waals surface area contributed by atoms with E-state index in [0.717, 1.165) is 11.1 Å². The highest BCUT2D eigenvalue weighted by Gasteiger charge is 2.10. The highest BCUT2D eigenvalue weighted by Crippen LogP contribution is 2.26. The summed E-state index contributed by atoms with van der Waals surface area (Å²) in [6, 6.07) is 13.9. The minimum absolute atomic E-state index is 0.0608. The van der Waals surface area contributed by atoms with E-state index in [9.17, 15) is 9.90 Å². The lowest BCUT2D eigenvalue weighted by Gasteiger charge is -2.11. The van der Waals surface area contributed by atoms with Crippen molar-refractivity contribution in [3.63, 3.8) is 0 Å². The molecule has 0 aliphatic rings. The second-order valence-electron chi connectivity index (χ2n) is 4.62. The van der Waals surface area contributed by atoms with Gasteiger partial charge in [-0.15, -0.1) is 0 Å². The van der Waals surface area contributed by atoms with Crippen LogP contribution < -0.4 is 0 Å². The van der Waals surface area contributed by atoms with E-state index in [1.807, 2.05) is 12.1 Å². The first kappa shape index (κ1) is 13.6. The molecule has 0 heterocycles. The molecule has 0 saturated carbocycles. The monoisotopic (exact) mass is 266 g/mol. The minimum Gasteiger partial charge on any atom is -0.507 e. The summed E-state index contributed by atoms with van der Waals surface area (Å²) in [6.07, 6.45) is 0. The zero-order valence-corrected chi connectivity index (χ0v) is 11.3. The summed E-state index contributed by atoms with van der Waals surface area (Å²) in [5, 5.41) is 18.5. The predicted octanol–water partition coefficient (Wildman–Crippen LogP) is 2.63. The predicted molar refractivity (Wildman–Crippen MR) is 76.3 cm³/mol. The molecule has 0 atom stereocenters. The van der Waals surface area contributed by atoms with Gasteiger partial charge in [-0.25, -0.2) is 0 Å². The molecule has 100 valence electrons. The molecule has 0 aliphatic carbocycles. The number of phenols is 1. The number of benzene rings is 2. The third-order valence-electron chi connectivity index (χ3n) is 2.97. The fourth-order valence-electron chi connectivity index (χ4n) is 1.90. The van der Waals surface area contributed by atoms with Gasteiger partial charge in [0.25, 0.3) is 5.91 Å². The lowest BCUT2D eigenvalue weighted by Crippen LogP contribution is -2.21. The SMILES string of the molecule is CN(C)C(=O)c1cccc(-c2ccc(C#N)c(O)c2)c1. The van der Waals surface area contributed by atoms with Crippen LogP contribution in [0.5, 0.6) is 5.75 Å². The Morgan fingerprint density at radius 2 is 1.85 bits per heavy atom. The van der Waals surface area contributed by atoms with Crippen LogP contribution in [0.2, 0.25) is 0 Å². The van der Waals surface area contributed by atoms with Crippen molar-refractivity contribution in [3.8, 4) is 22.9 Å². The van der Waals surface area contributed by atoms with Gasteiger partial charge in [-0.3, -0.25) is 4.79 Å². The summed E-state index contributed by atoms with van der Waals surface area (Å²) in [7, 11) is 3.39. The maximum atomic E-state index is 11.9. The molecular formula is C16H14N2O2. The average molecular weight is 266 g/mol. The molecule has 0 unspecified atom stereocenters. The van der Waals surface area contributed by atoms with Gasteiger partial charge in [-0.05, 0) is 35.4 Å². The van der Waals surface area contributed by atoms with Gasteiger partial charge in [-0.1, -0.05) is 18.2 Å². The van der Waals surface area contributed by atoms with Crippen molar-refractivity contribution in [2.24, 2.45) is 0 Å². The topological polar surface area (TPSA) is 64.3 Å². The summed E-state index contributed by atoms with van der Waals surface area (Å²) < 4.78 is 0. The molecule has 4 nitrogen and oxygen atoms in total. The molecule has 20 heavy (non-hydrogen) atoms. The van der Waals surface area contributed by atoms with Crippen molar-refractivity contribution in [1.29, 1.82) is 5.26 Å². The Bertz CT molecular complexity index is 700. The number of amides is 1. The molecular weight excluding hydrogens is 252 g/mol. The summed E-state index contributed by atoms with van der Waals surface area (Å²) >= 11 is 0. The van der Waals surface area contributed by atoms with Crippen molar-refractivity contribution in [2.45, 2.75) is 0 Å². The van der Waals surface area contributed by atoms with E-state index in [1.54, 1.807) is 44.4 Å². The Morgan fingerprint density at radius 3 is 2.45 bits per heavy atom. The number of hydrogen-bond acceptors (Lipinski definition) is 3. The van der Waals surface area contributed by atoms with Crippen LogP contribution in [0.15, 0.2) is 42.5 Å². The van der Waals surface area contributed by atoms with Crippen molar-refractivity contribution < 1.29 is 9.90 Å². The first-order valence-electron chi connectivity index (χ1n) is 6.08. The summed E-state index contributed by atoms with van der Waals surface area (Å²) in [6.45, 7) is 0. The van der Waals surface area contributed by atoms with Crippen LogP contribution in [-0.2, 0) is 0 Å².